The molecule has 0 saturated carbocycles. The fourth-order valence-electron chi connectivity index (χ4n) is 2.90. The van der Waals surface area contributed by atoms with Crippen molar-refractivity contribution >= 4 is 11.3 Å². The molecule has 0 aromatic heterocycles. The first-order chi connectivity index (χ1) is 7.40. The summed E-state index contributed by atoms with van der Waals surface area (Å²) in [5, 5.41) is 4.73. The Balaban J connectivity index is 2.00. The molecule has 1 atom stereocenters. The van der Waals surface area contributed by atoms with E-state index in [1.54, 1.807) is 5.57 Å². The van der Waals surface area contributed by atoms with Gasteiger partial charge in [0, 0.05) is 11.3 Å². The maximum atomic E-state index is 4.73. The number of benzene rings is 1. The number of allylic oxidation sites excluding steroid dienone is 2. The highest BCUT2D eigenvalue weighted by molar-refractivity contribution is 5.84. The molecule has 0 fully saturated rings. The molecule has 0 N–H and O–H groups in total. The summed E-state index contributed by atoms with van der Waals surface area (Å²) in [6.45, 7) is 2.27. The molecule has 2 aliphatic rings. The lowest BCUT2D eigenvalue weighted by Gasteiger charge is -2.12. The van der Waals surface area contributed by atoms with Gasteiger partial charge in [-0.3, -0.25) is 5.32 Å². The first kappa shape index (κ1) is 9.02. The molecule has 0 amide bonds. The van der Waals surface area contributed by atoms with Gasteiger partial charge in [0.05, 0.1) is 5.69 Å². The summed E-state index contributed by atoms with van der Waals surface area (Å²) in [4.78, 5) is 0. The normalized spacial score (nSPS) is 22.6. The van der Waals surface area contributed by atoms with E-state index in [0.29, 0.717) is 0 Å². The first-order valence-corrected chi connectivity index (χ1v) is 5.94. The van der Waals surface area contributed by atoms with Crippen LogP contribution in [0.4, 0.5) is 5.69 Å². The summed E-state index contributed by atoms with van der Waals surface area (Å²) in [7, 11) is 0. The van der Waals surface area contributed by atoms with Crippen LogP contribution in [0.25, 0.3) is 5.57 Å². The summed E-state index contributed by atoms with van der Waals surface area (Å²) in [6.07, 6.45) is 5.11. The van der Waals surface area contributed by atoms with Gasteiger partial charge in [0.25, 0.3) is 0 Å². The summed E-state index contributed by atoms with van der Waals surface area (Å²) in [5.41, 5.74) is 5.54. The van der Waals surface area contributed by atoms with Crippen LogP contribution in [0.3, 0.4) is 0 Å². The number of nitrogens with zero attached hydrogens (tertiary/aromatic N) is 1. The third-order valence-corrected chi connectivity index (χ3v) is 3.54. The Labute approximate surface area is 91.2 Å². The molecule has 1 nitrogen and oxygen atoms in total. The number of hydrogen-bond donors (Lipinski definition) is 0. The van der Waals surface area contributed by atoms with Crippen LogP contribution in [0.1, 0.15) is 38.2 Å². The van der Waals surface area contributed by atoms with E-state index >= 15 is 0 Å². The predicted octanol–water partition coefficient (Wildman–Crippen LogP) is 3.86. The molecule has 1 radical (unpaired) electrons. The number of hydrogen-bond acceptors (Lipinski definition) is 0. The van der Waals surface area contributed by atoms with E-state index in [2.05, 4.69) is 31.2 Å². The lowest BCUT2D eigenvalue weighted by molar-refractivity contribution is 0.576. The van der Waals surface area contributed by atoms with Gasteiger partial charge < -0.3 is 0 Å². The molecule has 1 unspecified atom stereocenters. The van der Waals surface area contributed by atoms with Gasteiger partial charge in [-0.2, -0.15) is 0 Å². The average Bonchev–Trinajstić information content (AvgIpc) is 2.78. The molecule has 0 saturated heterocycles. The molecule has 1 heteroatoms. The highest BCUT2D eigenvalue weighted by atomic mass is 14.9. The molecule has 0 spiro atoms. The standard InChI is InChI=1S/C14H16N/c1-2-5-10-8-9-13-14(10)11-6-3-4-7-12(11)15-13/h3-4,6-7,10H,2,5,8-9H2,1H3. The molecule has 77 valence electrons. The van der Waals surface area contributed by atoms with Gasteiger partial charge in [-0.15, -0.1) is 0 Å². The molecular weight excluding hydrogens is 182 g/mol. The Kier molecular flexibility index (Phi) is 2.05. The molecule has 1 aromatic rings. The highest BCUT2D eigenvalue weighted by Gasteiger charge is 2.32. The second kappa shape index (κ2) is 3.41. The van der Waals surface area contributed by atoms with Crippen molar-refractivity contribution in [2.45, 2.75) is 32.6 Å². The van der Waals surface area contributed by atoms with Crippen LogP contribution in [0, 0.1) is 5.92 Å². The van der Waals surface area contributed by atoms with Crippen LogP contribution >= 0.6 is 0 Å². The van der Waals surface area contributed by atoms with Gasteiger partial charge in [0.15, 0.2) is 0 Å². The lowest BCUT2D eigenvalue weighted by Crippen LogP contribution is -1.97. The van der Waals surface area contributed by atoms with Crippen molar-refractivity contribution in [2.24, 2.45) is 5.92 Å². The molecule has 3 rings (SSSR count). The minimum absolute atomic E-state index is 0.775. The maximum Gasteiger partial charge on any atom is 0.0708 e. The molecular formula is C14H16N. The Hall–Kier alpha value is -1.24. The Morgan fingerprint density at radius 2 is 2.20 bits per heavy atom. The number of rotatable bonds is 2. The van der Waals surface area contributed by atoms with Crippen LogP contribution < -0.4 is 5.32 Å². The second-order valence-electron chi connectivity index (χ2n) is 4.51. The fraction of sp³-hybridized carbons (Fsp3) is 0.429. The van der Waals surface area contributed by atoms with E-state index in [1.807, 2.05) is 0 Å². The summed E-state index contributed by atoms with van der Waals surface area (Å²) in [5.74, 6) is 0.775. The largest absolute Gasteiger partial charge is 0.253 e. The van der Waals surface area contributed by atoms with Crippen molar-refractivity contribution in [3.8, 4) is 0 Å². The molecule has 15 heavy (non-hydrogen) atoms. The third kappa shape index (κ3) is 1.30. The summed E-state index contributed by atoms with van der Waals surface area (Å²) >= 11 is 0. The van der Waals surface area contributed by atoms with E-state index in [9.17, 15) is 0 Å². The zero-order chi connectivity index (χ0) is 10.3. The van der Waals surface area contributed by atoms with Crippen LogP contribution in [0.2, 0.25) is 0 Å². The van der Waals surface area contributed by atoms with Gasteiger partial charge in [-0.1, -0.05) is 31.5 Å². The molecule has 1 heterocycles. The van der Waals surface area contributed by atoms with Crippen molar-refractivity contribution in [3.63, 3.8) is 0 Å². The zero-order valence-corrected chi connectivity index (χ0v) is 9.16. The Morgan fingerprint density at radius 3 is 3.07 bits per heavy atom. The first-order valence-electron chi connectivity index (χ1n) is 5.94. The molecule has 0 bridgehead atoms. The third-order valence-electron chi connectivity index (χ3n) is 3.54. The van der Waals surface area contributed by atoms with Crippen LogP contribution in [0.5, 0.6) is 0 Å². The SMILES string of the molecule is CCCC1CCC2=C1c1ccccc1[N]2. The monoisotopic (exact) mass is 198 g/mol. The van der Waals surface area contributed by atoms with E-state index in [0.717, 1.165) is 5.92 Å². The van der Waals surface area contributed by atoms with Gasteiger partial charge in [-0.05, 0) is 36.8 Å². The van der Waals surface area contributed by atoms with Crippen molar-refractivity contribution in [3.05, 3.63) is 35.5 Å². The minimum Gasteiger partial charge on any atom is -0.253 e. The lowest BCUT2D eigenvalue weighted by atomic mass is 9.91. The second-order valence-corrected chi connectivity index (χ2v) is 4.51. The van der Waals surface area contributed by atoms with Crippen molar-refractivity contribution in [1.82, 2.24) is 5.32 Å². The molecule has 1 aromatic carbocycles. The summed E-state index contributed by atoms with van der Waals surface area (Å²) in [6, 6.07) is 8.58. The highest BCUT2D eigenvalue weighted by Crippen LogP contribution is 2.48. The average molecular weight is 198 g/mol. The van der Waals surface area contributed by atoms with Gasteiger partial charge in [0.1, 0.15) is 0 Å². The Morgan fingerprint density at radius 1 is 1.33 bits per heavy atom. The zero-order valence-electron chi connectivity index (χ0n) is 9.16. The van der Waals surface area contributed by atoms with Gasteiger partial charge in [-0.25, -0.2) is 0 Å². The van der Waals surface area contributed by atoms with E-state index in [4.69, 9.17) is 5.32 Å². The van der Waals surface area contributed by atoms with Crippen molar-refractivity contribution in [2.75, 3.05) is 0 Å². The van der Waals surface area contributed by atoms with Gasteiger partial charge in [0.2, 0.25) is 0 Å². The van der Waals surface area contributed by atoms with Crippen molar-refractivity contribution < 1.29 is 0 Å². The number of para-hydroxylation sites is 1. The maximum absolute atomic E-state index is 4.73. The molecule has 1 aliphatic carbocycles. The predicted molar refractivity (Wildman–Crippen MR) is 62.8 cm³/mol. The fourth-order valence-corrected chi connectivity index (χ4v) is 2.90. The smallest absolute Gasteiger partial charge is 0.0708 e. The minimum atomic E-state index is 0.775. The van der Waals surface area contributed by atoms with Crippen molar-refractivity contribution in [1.29, 1.82) is 0 Å². The number of fused-ring (bicyclic) bond motifs is 2. The van der Waals surface area contributed by atoms with Crippen LogP contribution in [-0.4, -0.2) is 0 Å². The van der Waals surface area contributed by atoms with E-state index < -0.39 is 0 Å². The summed E-state index contributed by atoms with van der Waals surface area (Å²) < 4.78 is 0. The van der Waals surface area contributed by atoms with Crippen LogP contribution in [-0.2, 0) is 0 Å². The quantitative estimate of drug-likeness (QED) is 0.685. The molecule has 1 aliphatic heterocycles. The van der Waals surface area contributed by atoms with Crippen LogP contribution in [0.15, 0.2) is 30.0 Å². The van der Waals surface area contributed by atoms with Gasteiger partial charge >= 0.3 is 0 Å². The van der Waals surface area contributed by atoms with E-state index in [-0.39, 0.29) is 0 Å². The topological polar surface area (TPSA) is 14.1 Å². The van der Waals surface area contributed by atoms with E-state index in [1.165, 1.54) is 42.6 Å². The Bertz CT molecular complexity index is 417.